The van der Waals surface area contributed by atoms with Gasteiger partial charge in [-0.05, 0) is 90.8 Å². The average Bonchev–Trinajstić information content (AvgIpc) is 2.74. The molecule has 1 N–H and O–H groups in total. The van der Waals surface area contributed by atoms with Crippen molar-refractivity contribution in [2.45, 2.75) is 112 Å². The smallest absolute Gasteiger partial charge is 0.148 e. The lowest BCUT2D eigenvalue weighted by atomic mass is 9.31. The molecular formula is C30H46O4. The molecule has 4 nitrogen and oxygen atoms in total. The lowest BCUT2D eigenvalue weighted by molar-refractivity contribution is -0.246. The third kappa shape index (κ3) is 2.90. The van der Waals surface area contributed by atoms with Gasteiger partial charge >= 0.3 is 0 Å². The van der Waals surface area contributed by atoms with Gasteiger partial charge in [-0.25, -0.2) is 0 Å². The van der Waals surface area contributed by atoms with Crippen molar-refractivity contribution in [3.8, 4) is 0 Å². The molecule has 0 aromatic rings. The molecule has 0 radical (unpaired) electrons. The summed E-state index contributed by atoms with van der Waals surface area (Å²) in [4.78, 5) is 39.4. The van der Waals surface area contributed by atoms with Crippen LogP contribution in [0.15, 0.2) is 0 Å². The number of ketones is 2. The largest absolute Gasteiger partial charge is 0.390 e. The minimum atomic E-state index is -0.707. The number of Topliss-reactive ketones (excluding diaryl/α,β-unsaturated/α-hetero) is 2. The molecule has 5 aliphatic carbocycles. The number of aliphatic hydroxyl groups is 1. The van der Waals surface area contributed by atoms with Crippen LogP contribution in [0.3, 0.4) is 0 Å². The van der Waals surface area contributed by atoms with Gasteiger partial charge < -0.3 is 9.90 Å². The van der Waals surface area contributed by atoms with Gasteiger partial charge in [0, 0.05) is 17.8 Å². The maximum absolute atomic E-state index is 14.2. The van der Waals surface area contributed by atoms with Gasteiger partial charge in [0.1, 0.15) is 17.9 Å². The number of carbonyl (C=O) groups is 3. The highest BCUT2D eigenvalue weighted by molar-refractivity contribution is 5.98. The molecule has 9 atom stereocenters. The molecule has 5 rings (SSSR count). The predicted molar refractivity (Wildman–Crippen MR) is 132 cm³/mol. The van der Waals surface area contributed by atoms with Crippen molar-refractivity contribution < 1.29 is 19.5 Å². The van der Waals surface area contributed by atoms with E-state index in [1.807, 2.05) is 13.8 Å². The van der Waals surface area contributed by atoms with E-state index in [2.05, 4.69) is 34.6 Å². The van der Waals surface area contributed by atoms with Gasteiger partial charge in [0.2, 0.25) is 0 Å². The van der Waals surface area contributed by atoms with Crippen LogP contribution >= 0.6 is 0 Å². The Balaban J connectivity index is 1.59. The van der Waals surface area contributed by atoms with E-state index in [1.165, 1.54) is 0 Å². The first-order valence-electron chi connectivity index (χ1n) is 13.8. The number of hydrogen-bond donors (Lipinski definition) is 1. The van der Waals surface area contributed by atoms with Crippen LogP contribution < -0.4 is 0 Å². The summed E-state index contributed by atoms with van der Waals surface area (Å²) in [5.41, 5.74) is -1.50. The summed E-state index contributed by atoms with van der Waals surface area (Å²) in [6.45, 7) is 15.8. The number of aldehydes is 1. The maximum Gasteiger partial charge on any atom is 0.148 e. The Morgan fingerprint density at radius 1 is 0.824 bits per heavy atom. The SMILES string of the molecule is CC1(C)CC[C@]2(O)CC[C@]3(C)[C@H](C(=O)C[C@@H]4[C@@]5(C)CC(C=O)C(=O)C(C)(C)[C@@H]5CC[C@]43C)[C@@H]2C1. The first-order valence-corrected chi connectivity index (χ1v) is 13.8. The molecule has 0 aromatic heterocycles. The standard InChI is InChI=1S/C30H46O4/c1-25(2)10-12-30(34)13-11-29(7)23(19(30)16-25)20(32)14-22-27(5)15-18(17-31)24(33)26(3,4)21(27)8-9-28(22,29)6/h17-19,21-23,34H,8-16H2,1-7H3/t18?,19-,21-,22+,23-,27-,28+,29+,30-/m0/s1. The number of carbonyl (C=O) groups excluding carboxylic acids is 3. The van der Waals surface area contributed by atoms with Gasteiger partial charge in [0.15, 0.2) is 0 Å². The molecule has 190 valence electrons. The van der Waals surface area contributed by atoms with Crippen molar-refractivity contribution in [3.63, 3.8) is 0 Å². The Labute approximate surface area is 206 Å². The zero-order valence-corrected chi connectivity index (χ0v) is 22.5. The lowest BCUT2D eigenvalue weighted by Gasteiger charge is -2.72. The topological polar surface area (TPSA) is 71.4 Å². The molecule has 0 bridgehead atoms. The molecule has 5 fully saturated rings. The zero-order valence-electron chi connectivity index (χ0n) is 22.5. The predicted octanol–water partition coefficient (Wildman–Crippen LogP) is 5.79. The Kier molecular flexibility index (Phi) is 5.11. The van der Waals surface area contributed by atoms with Crippen molar-refractivity contribution >= 4 is 17.9 Å². The Morgan fingerprint density at radius 2 is 1.47 bits per heavy atom. The van der Waals surface area contributed by atoms with E-state index >= 15 is 0 Å². The number of rotatable bonds is 1. The minimum Gasteiger partial charge on any atom is -0.390 e. The van der Waals surface area contributed by atoms with Crippen molar-refractivity contribution in [1.29, 1.82) is 0 Å². The van der Waals surface area contributed by atoms with Crippen LogP contribution in [0.25, 0.3) is 0 Å². The van der Waals surface area contributed by atoms with Crippen molar-refractivity contribution in [1.82, 2.24) is 0 Å². The second-order valence-corrected chi connectivity index (χ2v) is 15.2. The van der Waals surface area contributed by atoms with Gasteiger partial charge in [-0.2, -0.15) is 0 Å². The summed E-state index contributed by atoms with van der Waals surface area (Å²) in [5, 5.41) is 11.7. The summed E-state index contributed by atoms with van der Waals surface area (Å²) >= 11 is 0. The molecule has 5 saturated carbocycles. The Morgan fingerprint density at radius 3 is 2.12 bits per heavy atom. The number of hydrogen-bond acceptors (Lipinski definition) is 4. The normalized spacial score (nSPS) is 53.7. The molecule has 0 heterocycles. The first kappa shape index (κ1) is 24.7. The molecule has 5 aliphatic rings. The first-order chi connectivity index (χ1) is 15.6. The molecule has 0 aromatic carbocycles. The average molecular weight is 471 g/mol. The second kappa shape index (κ2) is 7.05. The number of fused-ring (bicyclic) bond motifs is 7. The van der Waals surface area contributed by atoms with Crippen LogP contribution in [0.5, 0.6) is 0 Å². The van der Waals surface area contributed by atoms with E-state index in [4.69, 9.17) is 0 Å². The van der Waals surface area contributed by atoms with Gasteiger partial charge in [-0.3, -0.25) is 9.59 Å². The fourth-order valence-corrected chi connectivity index (χ4v) is 10.8. The van der Waals surface area contributed by atoms with Crippen molar-refractivity contribution in [2.75, 3.05) is 0 Å². The molecule has 0 saturated heterocycles. The van der Waals surface area contributed by atoms with Gasteiger partial charge in [0.25, 0.3) is 0 Å². The van der Waals surface area contributed by atoms with Crippen molar-refractivity contribution in [2.24, 2.45) is 56.7 Å². The Bertz CT molecular complexity index is 934. The zero-order chi connectivity index (χ0) is 25.1. The highest BCUT2D eigenvalue weighted by atomic mass is 16.3. The van der Waals surface area contributed by atoms with Crippen LogP contribution in [0.4, 0.5) is 0 Å². The minimum absolute atomic E-state index is 0.0380. The molecule has 1 unspecified atom stereocenters. The highest BCUT2D eigenvalue weighted by Gasteiger charge is 2.72. The van der Waals surface area contributed by atoms with Crippen LogP contribution in [-0.2, 0) is 14.4 Å². The van der Waals surface area contributed by atoms with Crippen LogP contribution in [0.1, 0.15) is 106 Å². The second-order valence-electron chi connectivity index (χ2n) is 15.2. The van der Waals surface area contributed by atoms with Gasteiger partial charge in [0.05, 0.1) is 11.5 Å². The molecular weight excluding hydrogens is 424 g/mol. The van der Waals surface area contributed by atoms with E-state index < -0.39 is 16.9 Å². The van der Waals surface area contributed by atoms with Gasteiger partial charge in [-0.15, -0.1) is 0 Å². The van der Waals surface area contributed by atoms with E-state index in [0.717, 1.165) is 51.2 Å². The summed E-state index contributed by atoms with van der Waals surface area (Å²) < 4.78 is 0. The monoisotopic (exact) mass is 470 g/mol. The molecule has 0 aliphatic heterocycles. The fraction of sp³-hybridized carbons (Fsp3) is 0.900. The summed E-state index contributed by atoms with van der Waals surface area (Å²) in [6.07, 6.45) is 8.42. The molecule has 0 amide bonds. The van der Waals surface area contributed by atoms with E-state index in [1.54, 1.807) is 0 Å². The quantitative estimate of drug-likeness (QED) is 0.389. The summed E-state index contributed by atoms with van der Waals surface area (Å²) in [6, 6.07) is 0. The highest BCUT2D eigenvalue weighted by Crippen LogP contribution is 2.75. The van der Waals surface area contributed by atoms with E-state index in [-0.39, 0.29) is 51.1 Å². The van der Waals surface area contributed by atoms with Crippen molar-refractivity contribution in [3.05, 3.63) is 0 Å². The summed E-state index contributed by atoms with van der Waals surface area (Å²) in [5.74, 6) is 0.186. The fourth-order valence-electron chi connectivity index (χ4n) is 10.8. The third-order valence-corrected chi connectivity index (χ3v) is 12.9. The lowest BCUT2D eigenvalue weighted by Crippen LogP contribution is -2.70. The van der Waals surface area contributed by atoms with Crippen LogP contribution in [0.2, 0.25) is 0 Å². The summed E-state index contributed by atoms with van der Waals surface area (Å²) in [7, 11) is 0. The molecule has 4 heteroatoms. The third-order valence-electron chi connectivity index (χ3n) is 12.9. The van der Waals surface area contributed by atoms with Crippen LogP contribution in [0, 0.1) is 56.7 Å². The Hall–Kier alpha value is -1.03. The van der Waals surface area contributed by atoms with Crippen LogP contribution in [-0.4, -0.2) is 28.6 Å². The molecule has 34 heavy (non-hydrogen) atoms. The van der Waals surface area contributed by atoms with Gasteiger partial charge in [-0.1, -0.05) is 48.5 Å². The van der Waals surface area contributed by atoms with E-state index in [0.29, 0.717) is 18.6 Å². The maximum atomic E-state index is 14.2. The molecule has 0 spiro atoms. The van der Waals surface area contributed by atoms with E-state index in [9.17, 15) is 19.5 Å².